The van der Waals surface area contributed by atoms with Crippen molar-refractivity contribution in [1.82, 2.24) is 0 Å². The van der Waals surface area contributed by atoms with Crippen LogP contribution in [0, 0.1) is 0 Å². The molecule has 0 rings (SSSR count). The van der Waals surface area contributed by atoms with Gasteiger partial charge in [-0.05, 0) is 38.5 Å². The zero-order valence-electron chi connectivity index (χ0n) is 26.4. The van der Waals surface area contributed by atoms with Crippen LogP contribution in [0.15, 0.2) is 0 Å². The van der Waals surface area contributed by atoms with Crippen molar-refractivity contribution < 1.29 is 41.9 Å². The monoisotopic (exact) mass is 648 g/mol. The summed E-state index contributed by atoms with van der Waals surface area (Å²) in [5, 5.41) is 0. The fourth-order valence-corrected chi connectivity index (χ4v) is 6.64. The van der Waals surface area contributed by atoms with Gasteiger partial charge in [0.05, 0.1) is 19.8 Å². The second kappa shape index (κ2) is 32.9. The second-order valence-electron chi connectivity index (χ2n) is 9.69. The van der Waals surface area contributed by atoms with Crippen LogP contribution in [0.25, 0.3) is 0 Å². The summed E-state index contributed by atoms with van der Waals surface area (Å²) in [5.74, 6) is 0. The van der Waals surface area contributed by atoms with Crippen molar-refractivity contribution in [3.05, 3.63) is 0 Å². The standard InChI is InChI=1S/3C9H21O3P.Al/c3*1-3-5-7-8-12-13(10,11)9-6-4-2;/h3*3-9H2,1-2H3,(H,10,11);/q;;;+3/p-3. The molecule has 0 aromatic carbocycles. The molecule has 0 fully saturated rings. The maximum absolute atomic E-state index is 11.2. The van der Waals surface area contributed by atoms with E-state index >= 15 is 0 Å². The SMILES string of the molecule is CCCCCOP(=O)([O-])CCCC.CCCCCOP(=O)([O-])CCCC.CCCCCOP(=O)([O-])CCCC.[Al+3]. The van der Waals surface area contributed by atoms with Gasteiger partial charge in [-0.1, -0.05) is 99.3 Å². The molecular formula is C27H60AlO9P3. The average Bonchev–Trinajstić information content (AvgIpc) is 2.89. The van der Waals surface area contributed by atoms with Crippen LogP contribution >= 0.6 is 22.8 Å². The predicted octanol–water partition coefficient (Wildman–Crippen LogP) is 7.26. The van der Waals surface area contributed by atoms with E-state index in [0.29, 0.717) is 39.1 Å². The van der Waals surface area contributed by atoms with Crippen LogP contribution in [0.2, 0.25) is 0 Å². The third-order valence-electron chi connectivity index (χ3n) is 5.46. The Morgan fingerprint density at radius 1 is 0.400 bits per heavy atom. The molecule has 40 heavy (non-hydrogen) atoms. The molecule has 0 aliphatic rings. The number of hydrogen-bond donors (Lipinski definition) is 0. The van der Waals surface area contributed by atoms with Crippen LogP contribution in [-0.4, -0.2) is 55.7 Å². The Bertz CT molecular complexity index is 569. The Morgan fingerprint density at radius 3 is 0.775 bits per heavy atom. The summed E-state index contributed by atoms with van der Waals surface area (Å²) >= 11 is 0. The first-order chi connectivity index (χ1) is 18.4. The molecule has 0 aliphatic carbocycles. The molecule has 0 aromatic rings. The molecule has 0 aromatic heterocycles. The summed E-state index contributed by atoms with van der Waals surface area (Å²) in [6, 6.07) is 0. The topological polar surface area (TPSA) is 148 Å². The summed E-state index contributed by atoms with van der Waals surface area (Å²) in [6.07, 6.45) is 14.2. The molecule has 3 atom stereocenters. The third kappa shape index (κ3) is 41.1. The van der Waals surface area contributed by atoms with E-state index < -0.39 is 22.8 Å². The van der Waals surface area contributed by atoms with Gasteiger partial charge in [-0.2, -0.15) is 0 Å². The van der Waals surface area contributed by atoms with E-state index in [2.05, 4.69) is 20.8 Å². The Labute approximate surface area is 257 Å². The minimum absolute atomic E-state index is 0. The Balaban J connectivity index is -0.000000240. The molecule has 0 radical (unpaired) electrons. The average molecular weight is 649 g/mol. The van der Waals surface area contributed by atoms with Gasteiger partial charge in [-0.15, -0.1) is 0 Å². The molecule has 0 saturated carbocycles. The molecule has 0 heterocycles. The molecule has 0 aliphatic heterocycles. The van der Waals surface area contributed by atoms with E-state index in [0.717, 1.165) is 77.0 Å². The van der Waals surface area contributed by atoms with Crippen molar-refractivity contribution in [3.63, 3.8) is 0 Å². The number of unbranched alkanes of at least 4 members (excludes halogenated alkanes) is 9. The van der Waals surface area contributed by atoms with Gasteiger partial charge < -0.3 is 41.9 Å². The van der Waals surface area contributed by atoms with Crippen LogP contribution in [0.3, 0.4) is 0 Å². The van der Waals surface area contributed by atoms with Gasteiger partial charge in [0.1, 0.15) is 22.8 Å². The van der Waals surface area contributed by atoms with Crippen LogP contribution in [0.5, 0.6) is 0 Å². The van der Waals surface area contributed by atoms with Gasteiger partial charge in [0.25, 0.3) is 0 Å². The van der Waals surface area contributed by atoms with E-state index in [1.54, 1.807) is 0 Å². The zero-order chi connectivity index (χ0) is 30.5. The van der Waals surface area contributed by atoms with Gasteiger partial charge in [0, 0.05) is 18.5 Å². The summed E-state index contributed by atoms with van der Waals surface area (Å²) in [4.78, 5) is 33.5. The summed E-state index contributed by atoms with van der Waals surface area (Å²) < 4.78 is 48.0. The van der Waals surface area contributed by atoms with E-state index in [9.17, 15) is 28.4 Å². The molecule has 0 saturated heterocycles. The maximum atomic E-state index is 11.2. The quantitative estimate of drug-likeness (QED) is 0.0599. The Kier molecular flexibility index (Phi) is 39.4. The fraction of sp³-hybridized carbons (Fsp3) is 1.00. The summed E-state index contributed by atoms with van der Waals surface area (Å²) in [6.45, 7) is 13.2. The first-order valence-electron chi connectivity index (χ1n) is 15.2. The molecule has 13 heteroatoms. The van der Waals surface area contributed by atoms with Gasteiger partial charge >= 0.3 is 17.4 Å². The van der Waals surface area contributed by atoms with Crippen molar-refractivity contribution in [1.29, 1.82) is 0 Å². The minimum atomic E-state index is -3.50. The van der Waals surface area contributed by atoms with Crippen molar-refractivity contribution >= 4 is 40.1 Å². The van der Waals surface area contributed by atoms with Crippen molar-refractivity contribution in [2.75, 3.05) is 38.3 Å². The molecule has 0 bridgehead atoms. The third-order valence-corrected chi connectivity index (χ3v) is 9.78. The largest absolute Gasteiger partial charge is 3.00 e. The first kappa shape index (κ1) is 47.9. The molecule has 0 N–H and O–H groups in total. The molecule has 3 unspecified atom stereocenters. The van der Waals surface area contributed by atoms with Gasteiger partial charge in [0.2, 0.25) is 0 Å². The smallest absolute Gasteiger partial charge is 0.778 e. The van der Waals surface area contributed by atoms with Crippen LogP contribution in [-0.2, 0) is 27.3 Å². The Morgan fingerprint density at radius 2 is 0.600 bits per heavy atom. The molecule has 9 nitrogen and oxygen atoms in total. The van der Waals surface area contributed by atoms with Gasteiger partial charge in [-0.3, -0.25) is 0 Å². The number of hydrogen-bond acceptors (Lipinski definition) is 9. The zero-order valence-corrected chi connectivity index (χ0v) is 30.3. The van der Waals surface area contributed by atoms with Gasteiger partial charge in [-0.25, -0.2) is 0 Å². The van der Waals surface area contributed by atoms with Crippen LogP contribution < -0.4 is 14.7 Å². The fourth-order valence-electron chi connectivity index (χ4n) is 2.92. The maximum Gasteiger partial charge on any atom is 3.00 e. The first-order valence-corrected chi connectivity index (χ1v) is 20.4. The summed E-state index contributed by atoms with van der Waals surface area (Å²) in [7, 11) is -10.5. The minimum Gasteiger partial charge on any atom is -0.778 e. The van der Waals surface area contributed by atoms with Gasteiger partial charge in [0.15, 0.2) is 0 Å². The van der Waals surface area contributed by atoms with E-state index in [1.807, 2.05) is 20.8 Å². The Hall–Kier alpha value is 0.982. The van der Waals surface area contributed by atoms with E-state index in [-0.39, 0.29) is 35.8 Å². The molecular weight excluding hydrogens is 588 g/mol. The van der Waals surface area contributed by atoms with Crippen molar-refractivity contribution in [3.8, 4) is 0 Å². The van der Waals surface area contributed by atoms with Crippen LogP contribution in [0.1, 0.15) is 138 Å². The van der Waals surface area contributed by atoms with Crippen LogP contribution in [0.4, 0.5) is 0 Å². The summed E-state index contributed by atoms with van der Waals surface area (Å²) in [5.41, 5.74) is 0. The van der Waals surface area contributed by atoms with Crippen molar-refractivity contribution in [2.45, 2.75) is 138 Å². The molecule has 0 amide bonds. The molecule has 0 spiro atoms. The molecule has 240 valence electrons. The van der Waals surface area contributed by atoms with E-state index in [4.69, 9.17) is 13.6 Å². The normalized spacial score (nSPS) is 15.2. The second-order valence-corrected chi connectivity index (χ2v) is 15.5. The van der Waals surface area contributed by atoms with E-state index in [1.165, 1.54) is 0 Å². The predicted molar refractivity (Wildman–Crippen MR) is 164 cm³/mol. The number of rotatable bonds is 24. The van der Waals surface area contributed by atoms with Crippen molar-refractivity contribution in [2.24, 2.45) is 0 Å².